The number of fused-ring (bicyclic) bond motifs is 1. The maximum absolute atomic E-state index is 13.6. The molecule has 0 radical (unpaired) electrons. The highest BCUT2D eigenvalue weighted by atomic mass is 32.1. The number of ether oxygens (including phenoxy) is 1. The van der Waals surface area contributed by atoms with Crippen LogP contribution in [0.25, 0.3) is 0 Å². The fourth-order valence-electron chi connectivity index (χ4n) is 7.82. The number of benzene rings is 1. The van der Waals surface area contributed by atoms with Crippen LogP contribution in [0.3, 0.4) is 0 Å². The van der Waals surface area contributed by atoms with Gasteiger partial charge in [0, 0.05) is 69.8 Å². The van der Waals surface area contributed by atoms with Crippen LogP contribution in [0.1, 0.15) is 84.3 Å². The van der Waals surface area contributed by atoms with E-state index in [1.165, 1.54) is 43.2 Å². The number of nitrogens with one attached hydrogen (secondary N) is 1. The lowest BCUT2D eigenvalue weighted by Gasteiger charge is -2.38. The lowest BCUT2D eigenvalue weighted by Crippen LogP contribution is -2.49. The molecule has 12 heteroatoms. The molecule has 5 aliphatic rings. The molecule has 50 heavy (non-hydrogen) atoms. The summed E-state index contributed by atoms with van der Waals surface area (Å²) in [6.07, 6.45) is 9.45. The molecule has 2 N–H and O–H groups in total. The molecule has 3 aromatic rings. The van der Waals surface area contributed by atoms with E-state index in [9.17, 15) is 14.7 Å². The smallest absolute Gasteiger partial charge is 0.225 e. The monoisotopic (exact) mass is 702 g/mol. The fourth-order valence-corrected chi connectivity index (χ4v) is 7.82. The minimum Gasteiger partial charge on any atom is -0.486 e. The average molecular weight is 703 g/mol. The standard InChI is InChI=1S/C38H48N6O5.H2S/c1-25-34(49-24-39-25)23-48-32-6-4-28-21-42(11-8-27(28)16-32)22-31(45)5-7-33(46)29-17-35(40-30-19-38(20-30)9-10-38)41-36(18-29)43-12-14-44(15-13-43)37(47)26-2-3-26;/h4,6,16-18,24,26,30-31,45H,2-3,5,7-15,19-23H2,1H3,(H,40,41);1H2/t31-;/m0./s1. The number of aryl methyl sites for hydroxylation is 1. The van der Waals surface area contributed by atoms with E-state index >= 15 is 0 Å². The summed E-state index contributed by atoms with van der Waals surface area (Å²) in [5.41, 5.74) is 4.54. The highest BCUT2D eigenvalue weighted by Gasteiger charge is 2.53. The number of anilines is 2. The first-order valence-corrected chi connectivity index (χ1v) is 18.2. The van der Waals surface area contributed by atoms with Gasteiger partial charge in [0.15, 0.2) is 17.9 Å². The molecule has 1 saturated heterocycles. The summed E-state index contributed by atoms with van der Waals surface area (Å²) in [5, 5.41) is 14.6. The Morgan fingerprint density at radius 1 is 1.08 bits per heavy atom. The van der Waals surface area contributed by atoms with Crippen LogP contribution >= 0.6 is 13.5 Å². The molecule has 1 atom stereocenters. The number of piperazine rings is 1. The molecule has 0 bridgehead atoms. The number of aliphatic hydroxyl groups excluding tert-OH is 1. The number of carbonyl (C=O) groups excluding carboxylic acids is 2. The molecule has 11 nitrogen and oxygen atoms in total. The first-order chi connectivity index (χ1) is 23.8. The number of amides is 1. The molecule has 3 aliphatic carbocycles. The number of carbonyl (C=O) groups is 2. The highest BCUT2D eigenvalue weighted by Crippen LogP contribution is 2.61. The van der Waals surface area contributed by atoms with Crippen molar-refractivity contribution >= 4 is 36.8 Å². The van der Waals surface area contributed by atoms with Crippen LogP contribution in [0.15, 0.2) is 41.1 Å². The molecule has 3 saturated carbocycles. The van der Waals surface area contributed by atoms with Gasteiger partial charge in [-0.1, -0.05) is 6.07 Å². The lowest BCUT2D eigenvalue weighted by molar-refractivity contribution is -0.132. The van der Waals surface area contributed by atoms with Crippen molar-refractivity contribution in [1.82, 2.24) is 19.8 Å². The molecule has 1 amide bonds. The molecular weight excluding hydrogens is 653 g/mol. The molecule has 1 aromatic carbocycles. The van der Waals surface area contributed by atoms with E-state index in [0.29, 0.717) is 68.7 Å². The third-order valence-electron chi connectivity index (χ3n) is 11.3. The maximum atomic E-state index is 13.6. The Kier molecular flexibility index (Phi) is 10.1. The second-order valence-electron chi connectivity index (χ2n) is 15.1. The largest absolute Gasteiger partial charge is 0.486 e. The molecule has 2 aromatic heterocycles. The summed E-state index contributed by atoms with van der Waals surface area (Å²) < 4.78 is 11.3. The van der Waals surface area contributed by atoms with Gasteiger partial charge in [0.2, 0.25) is 5.91 Å². The molecule has 8 rings (SSSR count). The third kappa shape index (κ3) is 7.97. The molecule has 1 spiro atoms. The number of aliphatic hydroxyl groups is 1. The minimum absolute atomic E-state index is 0. The first kappa shape index (κ1) is 34.8. The Hall–Kier alpha value is -3.61. The number of oxazole rings is 1. The van der Waals surface area contributed by atoms with Gasteiger partial charge in [0.25, 0.3) is 0 Å². The number of hydrogen-bond acceptors (Lipinski definition) is 10. The topological polar surface area (TPSA) is 124 Å². The van der Waals surface area contributed by atoms with Crippen LogP contribution in [0.4, 0.5) is 11.6 Å². The van der Waals surface area contributed by atoms with E-state index in [4.69, 9.17) is 14.1 Å². The minimum atomic E-state index is -0.598. The molecule has 2 aliphatic heterocycles. The van der Waals surface area contributed by atoms with Gasteiger partial charge < -0.3 is 29.4 Å². The van der Waals surface area contributed by atoms with E-state index in [0.717, 1.165) is 61.2 Å². The van der Waals surface area contributed by atoms with E-state index in [2.05, 4.69) is 32.2 Å². The van der Waals surface area contributed by atoms with Crippen molar-refractivity contribution in [3.05, 3.63) is 64.9 Å². The Balaban J connectivity index is 0.00000392. The number of pyridine rings is 1. The van der Waals surface area contributed by atoms with Crippen molar-refractivity contribution in [3.8, 4) is 5.75 Å². The summed E-state index contributed by atoms with van der Waals surface area (Å²) in [7, 11) is 0. The van der Waals surface area contributed by atoms with Crippen LogP contribution in [0.2, 0.25) is 0 Å². The SMILES string of the molecule is Cc1ncoc1COc1ccc2c(c1)CCN(C[C@@H](O)CCC(=O)c1cc(NC3CC4(CC4)C3)nc(N3CCN(C(=O)C4CC4)CC3)c1)C2.S. The van der Waals surface area contributed by atoms with Crippen LogP contribution in [0.5, 0.6) is 5.75 Å². The van der Waals surface area contributed by atoms with Gasteiger partial charge in [-0.15, -0.1) is 0 Å². The Bertz CT molecular complexity index is 1690. The number of nitrogens with zero attached hydrogens (tertiary/aromatic N) is 5. The lowest BCUT2D eigenvalue weighted by atomic mass is 9.77. The van der Waals surface area contributed by atoms with E-state index < -0.39 is 6.10 Å². The van der Waals surface area contributed by atoms with Gasteiger partial charge in [-0.2, -0.15) is 13.5 Å². The van der Waals surface area contributed by atoms with Crippen molar-refractivity contribution in [3.63, 3.8) is 0 Å². The van der Waals surface area contributed by atoms with Gasteiger partial charge >= 0.3 is 0 Å². The Morgan fingerprint density at radius 3 is 2.60 bits per heavy atom. The molecule has 4 heterocycles. The first-order valence-electron chi connectivity index (χ1n) is 18.2. The predicted octanol–water partition coefficient (Wildman–Crippen LogP) is 4.87. The zero-order chi connectivity index (χ0) is 33.5. The van der Waals surface area contributed by atoms with Crippen LogP contribution in [-0.2, 0) is 24.4 Å². The van der Waals surface area contributed by atoms with Crippen molar-refractivity contribution in [2.24, 2.45) is 11.3 Å². The second kappa shape index (κ2) is 14.6. The van der Waals surface area contributed by atoms with Crippen LogP contribution < -0.4 is 15.0 Å². The van der Waals surface area contributed by atoms with Gasteiger partial charge in [0.1, 0.15) is 24.0 Å². The molecule has 4 fully saturated rings. The van der Waals surface area contributed by atoms with Gasteiger partial charge in [-0.05, 0) is 99.1 Å². The van der Waals surface area contributed by atoms with E-state index in [-0.39, 0.29) is 31.6 Å². The Labute approximate surface area is 301 Å². The number of Topliss-reactive ketones (excluding diaryl/α,β-unsaturated/α-hetero) is 1. The van der Waals surface area contributed by atoms with Gasteiger partial charge in [-0.25, -0.2) is 9.97 Å². The second-order valence-corrected chi connectivity index (χ2v) is 15.1. The molecule has 0 unspecified atom stereocenters. The Morgan fingerprint density at radius 2 is 1.88 bits per heavy atom. The van der Waals surface area contributed by atoms with Gasteiger partial charge in [-0.3, -0.25) is 14.5 Å². The number of rotatable bonds is 13. The summed E-state index contributed by atoms with van der Waals surface area (Å²) in [4.78, 5) is 41.7. The third-order valence-corrected chi connectivity index (χ3v) is 11.3. The predicted molar refractivity (Wildman–Crippen MR) is 195 cm³/mol. The summed E-state index contributed by atoms with van der Waals surface area (Å²) in [6, 6.07) is 10.4. The summed E-state index contributed by atoms with van der Waals surface area (Å²) in [5.74, 6) is 3.64. The van der Waals surface area contributed by atoms with Crippen LogP contribution in [-0.4, -0.2) is 88.0 Å². The van der Waals surface area contributed by atoms with Crippen molar-refractivity contribution in [1.29, 1.82) is 0 Å². The quantitative estimate of drug-likeness (QED) is 0.239. The highest BCUT2D eigenvalue weighted by molar-refractivity contribution is 7.59. The molecule has 268 valence electrons. The van der Waals surface area contributed by atoms with E-state index in [1.54, 1.807) is 0 Å². The van der Waals surface area contributed by atoms with Crippen molar-refractivity contribution < 1.29 is 23.8 Å². The number of β-amino-alcohol motifs (C(OH)–C–C–N with tert-alkyl or cyclic N) is 1. The van der Waals surface area contributed by atoms with Crippen molar-refractivity contribution in [2.45, 2.75) is 90.0 Å². The summed E-state index contributed by atoms with van der Waals surface area (Å²) >= 11 is 0. The molecular formula is C38H50N6O5S. The zero-order valence-corrected chi connectivity index (χ0v) is 30.0. The normalized spacial score (nSPS) is 20.4. The zero-order valence-electron chi connectivity index (χ0n) is 29.0. The number of aromatic nitrogens is 2. The van der Waals surface area contributed by atoms with Crippen molar-refractivity contribution in [2.75, 3.05) is 49.5 Å². The van der Waals surface area contributed by atoms with Crippen LogP contribution in [0, 0.1) is 18.3 Å². The van der Waals surface area contributed by atoms with E-state index in [1.807, 2.05) is 30.0 Å². The average Bonchev–Trinajstić information content (AvgIpc) is 4.04. The summed E-state index contributed by atoms with van der Waals surface area (Å²) in [6.45, 7) is 7.18. The number of hydrogen-bond donors (Lipinski definition) is 2. The maximum Gasteiger partial charge on any atom is 0.225 e. The van der Waals surface area contributed by atoms with Gasteiger partial charge in [0.05, 0.1) is 11.8 Å². The fraction of sp³-hybridized carbons (Fsp3) is 0.579. The number of ketones is 1.